The number of carboxylic acid groups (broad SMARTS) is 1. The summed E-state index contributed by atoms with van der Waals surface area (Å²) in [6, 6.07) is 26.5. The van der Waals surface area contributed by atoms with Crippen molar-refractivity contribution >= 4 is 31.8 Å². The molecule has 4 heterocycles. The van der Waals surface area contributed by atoms with E-state index in [0.29, 0.717) is 22.5 Å². The SMILES string of the molecule is NCc1cc(-c2ccc(C3CC3)cc2)ncn1.O=C(CCc1cc(-c2ccc(C3CC3)cc2)ncn1)[C@@H]1C[C@@H](F)CN1S(=O)(=O)c1ccc(F)cc1.O=C(O)[C@@H]1C[C@@H](F)CN1S(=O)(=O)c1ccc(F)cc1. The van der Waals surface area contributed by atoms with E-state index in [2.05, 4.69) is 56.3 Å². The zero-order valence-corrected chi connectivity index (χ0v) is 39.9. The number of carboxylic acids is 1. The first-order valence-corrected chi connectivity index (χ1v) is 26.0. The number of aliphatic carboxylic acids is 1. The second-order valence-electron chi connectivity index (χ2n) is 17.8. The number of ketones is 1. The molecule has 4 fully saturated rings. The van der Waals surface area contributed by atoms with E-state index < -0.39 is 75.2 Å². The van der Waals surface area contributed by atoms with E-state index in [9.17, 15) is 44.0 Å². The van der Waals surface area contributed by atoms with Gasteiger partial charge < -0.3 is 10.8 Å². The van der Waals surface area contributed by atoms with Crippen LogP contribution in [0.2, 0.25) is 0 Å². The topological polar surface area (TPSA) is 207 Å². The summed E-state index contributed by atoms with van der Waals surface area (Å²) in [4.78, 5) is 40.5. The maximum Gasteiger partial charge on any atom is 0.322 e. The summed E-state index contributed by atoms with van der Waals surface area (Å²) < 4.78 is 105. The Morgan fingerprint density at radius 1 is 0.592 bits per heavy atom. The molecule has 2 aliphatic heterocycles. The molecule has 2 saturated carbocycles. The number of rotatable bonds is 14. The molecule has 4 aromatic carbocycles. The van der Waals surface area contributed by atoms with Crippen LogP contribution in [0.5, 0.6) is 0 Å². The van der Waals surface area contributed by atoms with Crippen molar-refractivity contribution in [2.75, 3.05) is 13.1 Å². The molecule has 0 radical (unpaired) electrons. The quantitative estimate of drug-likeness (QED) is 0.0998. The summed E-state index contributed by atoms with van der Waals surface area (Å²) in [6.07, 6.45) is 4.94. The lowest BCUT2D eigenvalue weighted by Crippen LogP contribution is -2.40. The van der Waals surface area contributed by atoms with Crippen molar-refractivity contribution in [3.8, 4) is 22.5 Å². The lowest BCUT2D eigenvalue weighted by atomic mass is 10.0. The first kappa shape index (κ1) is 51.0. The Balaban J connectivity index is 0.000000158. The molecule has 6 aromatic rings. The lowest BCUT2D eigenvalue weighted by Gasteiger charge is -2.22. The zero-order valence-electron chi connectivity index (χ0n) is 38.3. The highest BCUT2D eigenvalue weighted by Crippen LogP contribution is 2.41. The van der Waals surface area contributed by atoms with E-state index in [0.717, 1.165) is 87.0 Å². The molecule has 2 saturated heterocycles. The van der Waals surface area contributed by atoms with Crippen molar-refractivity contribution in [3.05, 3.63) is 156 Å². The van der Waals surface area contributed by atoms with Crippen LogP contribution >= 0.6 is 0 Å². The Morgan fingerprint density at radius 2 is 1.00 bits per heavy atom. The largest absolute Gasteiger partial charge is 0.480 e. The number of sulfonamides is 2. The summed E-state index contributed by atoms with van der Waals surface area (Å²) in [7, 11) is -8.27. The van der Waals surface area contributed by atoms with Crippen LogP contribution in [0.15, 0.2) is 132 Å². The van der Waals surface area contributed by atoms with E-state index in [1.54, 1.807) is 6.33 Å². The van der Waals surface area contributed by atoms with E-state index in [1.165, 1.54) is 43.1 Å². The number of halogens is 4. The van der Waals surface area contributed by atoms with Gasteiger partial charge in [-0.05, 0) is 116 Å². The maximum atomic E-state index is 14.2. The van der Waals surface area contributed by atoms with Crippen molar-refractivity contribution in [2.24, 2.45) is 5.73 Å². The highest BCUT2D eigenvalue weighted by Gasteiger charge is 2.45. The van der Waals surface area contributed by atoms with Gasteiger partial charge in [0.25, 0.3) is 0 Å². The molecule has 2 aliphatic carbocycles. The number of aromatic nitrogens is 4. The maximum absolute atomic E-state index is 14.2. The van der Waals surface area contributed by atoms with E-state index >= 15 is 0 Å². The minimum absolute atomic E-state index is 0.0178. The molecule has 3 N–H and O–H groups in total. The monoisotopic (exact) mass is 1010 g/mol. The third-order valence-electron chi connectivity index (χ3n) is 12.7. The minimum atomic E-state index is -4.14. The van der Waals surface area contributed by atoms with E-state index in [-0.39, 0.29) is 41.3 Å². The second-order valence-corrected chi connectivity index (χ2v) is 21.6. The molecule has 0 bridgehead atoms. The average Bonchev–Trinajstić information content (AvgIpc) is 4.32. The van der Waals surface area contributed by atoms with Crippen molar-refractivity contribution in [2.45, 2.75) is 104 Å². The Hall–Kier alpha value is -6.32. The summed E-state index contributed by atoms with van der Waals surface area (Å²) >= 11 is 0. The lowest BCUT2D eigenvalue weighted by molar-refractivity contribution is -0.140. The number of carbonyl (C=O) groups is 2. The van der Waals surface area contributed by atoms with E-state index in [1.807, 2.05) is 24.3 Å². The van der Waals surface area contributed by atoms with Gasteiger partial charge in [-0.2, -0.15) is 8.61 Å². The third kappa shape index (κ3) is 12.6. The average molecular weight is 1010 g/mol. The molecule has 10 rings (SSSR count). The molecule has 0 unspecified atom stereocenters. The summed E-state index contributed by atoms with van der Waals surface area (Å²) in [6.45, 7) is -0.447. The highest BCUT2D eigenvalue weighted by molar-refractivity contribution is 7.89. The molecular formula is C51H51F4N7O7S2. The van der Waals surface area contributed by atoms with Crippen molar-refractivity contribution in [1.82, 2.24) is 28.5 Å². The predicted molar refractivity (Wildman–Crippen MR) is 255 cm³/mol. The van der Waals surface area contributed by atoms with Crippen LogP contribution in [0, 0.1) is 11.6 Å². The number of aryl methyl sites for hydroxylation is 1. The Bertz CT molecular complexity index is 3060. The summed E-state index contributed by atoms with van der Waals surface area (Å²) in [5.41, 5.74) is 13.7. The standard InChI is InChI=1S/C26H25F2N3O3S.C14H15N3.C11H11F2NO4S/c27-20-7-10-23(11-8-20)35(33,34)31-15-21(28)13-25(31)26(32)12-9-22-14-24(30-16-29-22)19-5-3-18(4-6-19)17-1-2-17;15-8-13-7-14(17-9-16-13)12-5-3-11(4-6-12)10-1-2-10;12-7-1-3-9(4-2-7)19(17,18)14-6-8(13)5-10(14)11(15)16/h3-8,10-11,14,16-17,21,25H,1-2,9,12-13,15H2;3-7,9-10H,1-2,8,15H2;1-4,8,10H,5-6H2,(H,15,16)/t21-,25+;;8-,10+/m1.1/s1. The number of hydrogen-bond donors (Lipinski definition) is 2. The molecule has 2 aromatic heterocycles. The molecule has 0 spiro atoms. The van der Waals surface area contributed by atoms with Crippen LogP contribution in [0.4, 0.5) is 17.6 Å². The van der Waals surface area contributed by atoms with Gasteiger partial charge in [-0.1, -0.05) is 48.5 Å². The Kier molecular flexibility index (Phi) is 15.8. The van der Waals surface area contributed by atoms with Gasteiger partial charge in [-0.15, -0.1) is 0 Å². The normalized spacial score (nSPS) is 20.4. The van der Waals surface area contributed by atoms with Crippen molar-refractivity contribution in [1.29, 1.82) is 0 Å². The second kappa shape index (κ2) is 22.0. The van der Waals surface area contributed by atoms with Gasteiger partial charge in [0.05, 0.1) is 32.9 Å². The number of nitrogens with two attached hydrogens (primary N) is 1. The highest BCUT2D eigenvalue weighted by atomic mass is 32.2. The van der Waals surface area contributed by atoms with Gasteiger partial charge in [0.2, 0.25) is 20.0 Å². The van der Waals surface area contributed by atoms with Crippen LogP contribution in [-0.2, 0) is 42.6 Å². The van der Waals surface area contributed by atoms with Gasteiger partial charge in [-0.25, -0.2) is 54.3 Å². The molecule has 372 valence electrons. The smallest absolute Gasteiger partial charge is 0.322 e. The fraction of sp³-hybridized carbons (Fsp3) is 0.333. The fourth-order valence-corrected chi connectivity index (χ4v) is 11.8. The number of benzene rings is 4. The Labute approximate surface area is 409 Å². The van der Waals surface area contributed by atoms with Crippen LogP contribution in [0.25, 0.3) is 22.5 Å². The molecule has 4 aliphatic rings. The number of carbonyl (C=O) groups excluding carboxylic acids is 1. The number of hydrogen-bond acceptors (Lipinski definition) is 11. The zero-order chi connectivity index (χ0) is 50.5. The van der Waals surface area contributed by atoms with Crippen LogP contribution in [-0.4, -0.2) is 99.8 Å². The molecule has 4 atom stereocenters. The van der Waals surface area contributed by atoms with Crippen LogP contribution < -0.4 is 5.73 Å². The third-order valence-corrected chi connectivity index (χ3v) is 16.5. The molecule has 20 heteroatoms. The number of Topliss-reactive ketones (excluding diaryl/α,β-unsaturated/α-hetero) is 1. The molecular weight excluding hydrogens is 963 g/mol. The van der Waals surface area contributed by atoms with Crippen molar-refractivity contribution < 1.29 is 49.1 Å². The molecule has 71 heavy (non-hydrogen) atoms. The Morgan fingerprint density at radius 3 is 1.42 bits per heavy atom. The van der Waals surface area contributed by atoms with Gasteiger partial charge in [0, 0.05) is 55.7 Å². The van der Waals surface area contributed by atoms with Gasteiger partial charge in [0.1, 0.15) is 42.7 Å². The van der Waals surface area contributed by atoms with Crippen LogP contribution in [0.3, 0.4) is 0 Å². The predicted octanol–water partition coefficient (Wildman–Crippen LogP) is 7.95. The molecule has 14 nitrogen and oxygen atoms in total. The summed E-state index contributed by atoms with van der Waals surface area (Å²) in [5.74, 6) is -1.49. The number of alkyl halides is 2. The minimum Gasteiger partial charge on any atom is -0.480 e. The van der Waals surface area contributed by atoms with Crippen molar-refractivity contribution in [3.63, 3.8) is 0 Å². The number of nitrogens with zero attached hydrogens (tertiary/aromatic N) is 6. The van der Waals surface area contributed by atoms with Gasteiger partial charge in [-0.3, -0.25) is 9.59 Å². The van der Waals surface area contributed by atoms with Crippen LogP contribution in [0.1, 0.15) is 79.3 Å². The van der Waals surface area contributed by atoms with Gasteiger partial charge >= 0.3 is 5.97 Å². The first-order valence-electron chi connectivity index (χ1n) is 23.1. The fourth-order valence-electron chi connectivity index (χ4n) is 8.51. The molecule has 0 amide bonds. The summed E-state index contributed by atoms with van der Waals surface area (Å²) in [5, 5.41) is 8.92. The van der Waals surface area contributed by atoms with E-state index in [4.69, 9.17) is 10.8 Å². The van der Waals surface area contributed by atoms with Gasteiger partial charge in [0.15, 0.2) is 5.78 Å². The first-order chi connectivity index (χ1) is 34.0.